The van der Waals surface area contributed by atoms with Crippen LogP contribution in [0.3, 0.4) is 0 Å². The minimum Gasteiger partial charge on any atom is -0.366 e. The third-order valence-corrected chi connectivity index (χ3v) is 3.70. The molecule has 0 bridgehead atoms. The number of anilines is 1. The Kier molecular flexibility index (Phi) is 2.79. The summed E-state index contributed by atoms with van der Waals surface area (Å²) in [7, 11) is 0. The van der Waals surface area contributed by atoms with E-state index in [0.29, 0.717) is 12.6 Å². The van der Waals surface area contributed by atoms with E-state index >= 15 is 0 Å². The molecule has 0 radical (unpaired) electrons. The lowest BCUT2D eigenvalue weighted by Crippen LogP contribution is -2.28. The Balaban J connectivity index is 1.83. The van der Waals surface area contributed by atoms with Gasteiger partial charge in [0.25, 0.3) is 0 Å². The zero-order valence-corrected chi connectivity index (χ0v) is 10.0. The van der Waals surface area contributed by atoms with E-state index in [0.717, 1.165) is 23.7 Å². The SMILES string of the molecule is NCc1ccc(N(CC2CC2)C2CC2)c(F)c1. The maximum atomic E-state index is 14.0. The molecule has 2 saturated carbocycles. The predicted octanol–water partition coefficient (Wildman–Crippen LogP) is 2.66. The largest absolute Gasteiger partial charge is 0.366 e. The molecule has 2 N–H and O–H groups in total. The van der Waals surface area contributed by atoms with Gasteiger partial charge in [-0.2, -0.15) is 0 Å². The quantitative estimate of drug-likeness (QED) is 0.848. The third kappa shape index (κ3) is 2.44. The average Bonchev–Trinajstić information content (AvgIpc) is 3.18. The molecule has 0 heterocycles. The van der Waals surface area contributed by atoms with Crippen molar-refractivity contribution in [2.75, 3.05) is 11.4 Å². The Morgan fingerprint density at radius 1 is 1.24 bits per heavy atom. The Bertz CT molecular complexity index is 411. The molecule has 3 rings (SSSR count). The highest BCUT2D eigenvalue weighted by Crippen LogP contribution is 2.38. The second-order valence-electron chi connectivity index (χ2n) is 5.32. The lowest BCUT2D eigenvalue weighted by molar-refractivity contribution is 0.607. The van der Waals surface area contributed by atoms with Crippen LogP contribution in [0.25, 0.3) is 0 Å². The Labute approximate surface area is 102 Å². The van der Waals surface area contributed by atoms with Crippen LogP contribution >= 0.6 is 0 Å². The number of nitrogens with zero attached hydrogens (tertiary/aromatic N) is 1. The lowest BCUT2D eigenvalue weighted by atomic mass is 10.1. The molecule has 2 aliphatic carbocycles. The van der Waals surface area contributed by atoms with Crippen LogP contribution in [-0.4, -0.2) is 12.6 Å². The minimum atomic E-state index is -0.111. The number of nitrogens with two attached hydrogens (primary N) is 1. The normalized spacial score (nSPS) is 19.4. The second-order valence-corrected chi connectivity index (χ2v) is 5.32. The fraction of sp³-hybridized carbons (Fsp3) is 0.571. The van der Waals surface area contributed by atoms with Gasteiger partial charge in [-0.05, 0) is 49.3 Å². The summed E-state index contributed by atoms with van der Waals surface area (Å²) in [6.45, 7) is 1.44. The van der Waals surface area contributed by atoms with Gasteiger partial charge < -0.3 is 10.6 Å². The molecule has 2 fully saturated rings. The standard InChI is InChI=1S/C14H19FN2/c15-13-7-11(8-16)3-6-14(13)17(12-4-5-12)9-10-1-2-10/h3,6-7,10,12H,1-2,4-5,8-9,16H2. The maximum absolute atomic E-state index is 14.0. The molecule has 1 aromatic carbocycles. The van der Waals surface area contributed by atoms with Gasteiger partial charge in [0.05, 0.1) is 5.69 Å². The molecule has 92 valence electrons. The monoisotopic (exact) mass is 234 g/mol. The molecule has 2 nitrogen and oxygen atoms in total. The van der Waals surface area contributed by atoms with Crippen molar-refractivity contribution in [2.45, 2.75) is 38.3 Å². The van der Waals surface area contributed by atoms with E-state index in [2.05, 4.69) is 4.90 Å². The third-order valence-electron chi connectivity index (χ3n) is 3.70. The summed E-state index contributed by atoms with van der Waals surface area (Å²) in [5, 5.41) is 0. The van der Waals surface area contributed by atoms with E-state index in [9.17, 15) is 4.39 Å². The van der Waals surface area contributed by atoms with Crippen LogP contribution in [0.5, 0.6) is 0 Å². The average molecular weight is 234 g/mol. The van der Waals surface area contributed by atoms with Gasteiger partial charge in [0.1, 0.15) is 5.82 Å². The summed E-state index contributed by atoms with van der Waals surface area (Å²) in [5.41, 5.74) is 7.17. The van der Waals surface area contributed by atoms with E-state index in [1.807, 2.05) is 12.1 Å². The highest BCUT2D eigenvalue weighted by Gasteiger charge is 2.34. The van der Waals surface area contributed by atoms with Crippen molar-refractivity contribution < 1.29 is 4.39 Å². The fourth-order valence-corrected chi connectivity index (χ4v) is 2.32. The maximum Gasteiger partial charge on any atom is 0.146 e. The van der Waals surface area contributed by atoms with Gasteiger partial charge >= 0.3 is 0 Å². The molecule has 1 aromatic rings. The molecular weight excluding hydrogens is 215 g/mol. The van der Waals surface area contributed by atoms with Gasteiger partial charge in [0.2, 0.25) is 0 Å². The van der Waals surface area contributed by atoms with Crippen molar-refractivity contribution in [1.82, 2.24) is 0 Å². The van der Waals surface area contributed by atoms with Crippen molar-refractivity contribution >= 4 is 5.69 Å². The van der Waals surface area contributed by atoms with E-state index in [-0.39, 0.29) is 5.82 Å². The van der Waals surface area contributed by atoms with Crippen LogP contribution in [0.2, 0.25) is 0 Å². The highest BCUT2D eigenvalue weighted by molar-refractivity contribution is 5.51. The molecule has 2 aliphatic rings. The number of hydrogen-bond donors (Lipinski definition) is 1. The Morgan fingerprint density at radius 2 is 2.00 bits per heavy atom. The molecule has 0 aromatic heterocycles. The topological polar surface area (TPSA) is 29.3 Å². The summed E-state index contributed by atoms with van der Waals surface area (Å²) in [5.74, 6) is 0.685. The fourth-order valence-electron chi connectivity index (χ4n) is 2.32. The number of rotatable bonds is 5. The van der Waals surface area contributed by atoms with Crippen molar-refractivity contribution in [3.8, 4) is 0 Å². The molecule has 0 unspecified atom stereocenters. The predicted molar refractivity (Wildman–Crippen MR) is 67.4 cm³/mol. The zero-order chi connectivity index (χ0) is 11.8. The van der Waals surface area contributed by atoms with Crippen molar-refractivity contribution in [3.05, 3.63) is 29.6 Å². The first-order valence-electron chi connectivity index (χ1n) is 6.53. The molecule has 0 amide bonds. The first kappa shape index (κ1) is 11.0. The van der Waals surface area contributed by atoms with Gasteiger partial charge in [0.15, 0.2) is 0 Å². The first-order chi connectivity index (χ1) is 8.28. The van der Waals surface area contributed by atoms with E-state index < -0.39 is 0 Å². The number of benzene rings is 1. The molecule has 17 heavy (non-hydrogen) atoms. The zero-order valence-electron chi connectivity index (χ0n) is 10.0. The number of halogens is 1. The van der Waals surface area contributed by atoms with Crippen LogP contribution in [0, 0.1) is 11.7 Å². The van der Waals surface area contributed by atoms with Crippen LogP contribution in [-0.2, 0) is 6.54 Å². The molecule has 0 saturated heterocycles. The highest BCUT2D eigenvalue weighted by atomic mass is 19.1. The molecule has 0 atom stereocenters. The molecule has 0 aliphatic heterocycles. The first-order valence-corrected chi connectivity index (χ1v) is 6.53. The molecular formula is C14H19FN2. The Morgan fingerprint density at radius 3 is 2.53 bits per heavy atom. The van der Waals surface area contributed by atoms with Crippen LogP contribution in [0.4, 0.5) is 10.1 Å². The smallest absolute Gasteiger partial charge is 0.146 e. The summed E-state index contributed by atoms with van der Waals surface area (Å²) in [6, 6.07) is 6.00. The van der Waals surface area contributed by atoms with Crippen molar-refractivity contribution in [2.24, 2.45) is 11.7 Å². The van der Waals surface area contributed by atoms with Crippen molar-refractivity contribution in [1.29, 1.82) is 0 Å². The summed E-state index contributed by atoms with van der Waals surface area (Å²) in [6.07, 6.45) is 5.05. The van der Waals surface area contributed by atoms with E-state index in [1.54, 1.807) is 6.07 Å². The van der Waals surface area contributed by atoms with Gasteiger partial charge in [-0.3, -0.25) is 0 Å². The molecule has 0 spiro atoms. The summed E-state index contributed by atoms with van der Waals surface area (Å²) in [4.78, 5) is 2.27. The van der Waals surface area contributed by atoms with E-state index in [4.69, 9.17) is 5.73 Å². The lowest BCUT2D eigenvalue weighted by Gasteiger charge is -2.25. The van der Waals surface area contributed by atoms with Gasteiger partial charge in [0, 0.05) is 19.1 Å². The van der Waals surface area contributed by atoms with Crippen LogP contribution in [0.1, 0.15) is 31.2 Å². The van der Waals surface area contributed by atoms with E-state index in [1.165, 1.54) is 25.7 Å². The molecule has 3 heteroatoms. The van der Waals surface area contributed by atoms with Gasteiger partial charge in [-0.15, -0.1) is 0 Å². The van der Waals surface area contributed by atoms with Gasteiger partial charge in [-0.1, -0.05) is 6.07 Å². The van der Waals surface area contributed by atoms with Crippen LogP contribution in [0.15, 0.2) is 18.2 Å². The Hall–Kier alpha value is -1.09. The summed E-state index contributed by atoms with van der Waals surface area (Å²) < 4.78 is 14.0. The number of hydrogen-bond acceptors (Lipinski definition) is 2. The van der Waals surface area contributed by atoms with Crippen LogP contribution < -0.4 is 10.6 Å². The summed E-state index contributed by atoms with van der Waals surface area (Å²) >= 11 is 0. The van der Waals surface area contributed by atoms with Gasteiger partial charge in [-0.25, -0.2) is 4.39 Å². The second kappa shape index (κ2) is 4.30. The van der Waals surface area contributed by atoms with Crippen molar-refractivity contribution in [3.63, 3.8) is 0 Å². The minimum absolute atomic E-state index is 0.111.